The van der Waals surface area contributed by atoms with Gasteiger partial charge in [0.2, 0.25) is 5.88 Å². The summed E-state index contributed by atoms with van der Waals surface area (Å²) in [6, 6.07) is 8.77. The summed E-state index contributed by atoms with van der Waals surface area (Å²) in [5, 5.41) is 9.89. The van der Waals surface area contributed by atoms with E-state index in [1.54, 1.807) is 37.3 Å². The number of rotatable bonds is 8. The van der Waals surface area contributed by atoms with Crippen LogP contribution in [0.25, 0.3) is 11.1 Å². The number of likely N-dealkylation sites (N-methyl/N-ethyl adjacent to an activating group) is 1. The molecule has 194 valence electrons. The highest BCUT2D eigenvalue weighted by atomic mass is 16.5. The molecule has 0 bridgehead atoms. The van der Waals surface area contributed by atoms with Crippen LogP contribution in [-0.2, 0) is 0 Å². The molecule has 2 amide bonds. The lowest BCUT2D eigenvalue weighted by atomic mass is 9.98. The van der Waals surface area contributed by atoms with Gasteiger partial charge >= 0.3 is 0 Å². The number of aliphatic hydroxyl groups is 1. The van der Waals surface area contributed by atoms with Crippen LogP contribution in [0.15, 0.2) is 36.5 Å². The van der Waals surface area contributed by atoms with E-state index in [0.29, 0.717) is 23.6 Å². The molecule has 36 heavy (non-hydrogen) atoms. The van der Waals surface area contributed by atoms with E-state index in [0.717, 1.165) is 30.1 Å². The Labute approximate surface area is 213 Å². The molecule has 1 aliphatic heterocycles. The number of aromatic nitrogens is 1. The van der Waals surface area contributed by atoms with E-state index in [4.69, 9.17) is 4.74 Å². The molecule has 4 rings (SSSR count). The molecule has 2 aliphatic rings. The molecule has 1 N–H and O–H groups in total. The Bertz CT molecular complexity index is 1100. The van der Waals surface area contributed by atoms with Crippen molar-refractivity contribution in [2.24, 2.45) is 11.8 Å². The summed E-state index contributed by atoms with van der Waals surface area (Å²) >= 11 is 0. The second-order valence-electron chi connectivity index (χ2n) is 10.6. The summed E-state index contributed by atoms with van der Waals surface area (Å²) in [5.41, 5.74) is 2.46. The first-order valence-electron chi connectivity index (χ1n) is 12.8. The lowest BCUT2D eigenvalue weighted by Crippen LogP contribution is -2.50. The average Bonchev–Trinajstić information content (AvgIpc) is 3.68. The van der Waals surface area contributed by atoms with Crippen LogP contribution < -0.4 is 4.74 Å². The molecule has 0 unspecified atom stereocenters. The topological polar surface area (TPSA) is 86.2 Å². The quantitative estimate of drug-likeness (QED) is 0.607. The van der Waals surface area contributed by atoms with E-state index in [1.807, 2.05) is 25.1 Å². The second-order valence-corrected chi connectivity index (χ2v) is 10.6. The van der Waals surface area contributed by atoms with Crippen LogP contribution in [0.3, 0.4) is 0 Å². The largest absolute Gasteiger partial charge is 0.472 e. The van der Waals surface area contributed by atoms with Crippen molar-refractivity contribution in [2.75, 3.05) is 47.4 Å². The second kappa shape index (κ2) is 11.0. The molecule has 1 aromatic carbocycles. The number of nitrogens with zero attached hydrogens (tertiary/aromatic N) is 4. The standard InChI is InChI=1S/C28H38N4O4/c1-18-14-32(19(2)17-33)28(35)24-12-23(21-7-6-8-22(11-21)27(34)30(3)4)13-29-26(24)36-25(18)16-31(5)15-20-9-10-20/h6-8,11-13,18-20,25,33H,9-10,14-17H2,1-5H3/t18-,19-,25-/m1/s1. The van der Waals surface area contributed by atoms with Gasteiger partial charge in [-0.05, 0) is 56.5 Å². The van der Waals surface area contributed by atoms with Gasteiger partial charge in [0, 0.05) is 57.0 Å². The maximum absolute atomic E-state index is 13.7. The number of carbonyl (C=O) groups excluding carboxylic acids is 2. The number of fused-ring (bicyclic) bond motifs is 1. The van der Waals surface area contributed by atoms with Gasteiger partial charge in [0.05, 0.1) is 12.6 Å². The fourth-order valence-corrected chi connectivity index (χ4v) is 4.69. The molecule has 0 saturated heterocycles. The van der Waals surface area contributed by atoms with Crippen molar-refractivity contribution in [3.05, 3.63) is 47.7 Å². The average molecular weight is 495 g/mol. The van der Waals surface area contributed by atoms with E-state index in [9.17, 15) is 14.7 Å². The van der Waals surface area contributed by atoms with E-state index in [2.05, 4.69) is 23.9 Å². The molecule has 0 radical (unpaired) electrons. The fraction of sp³-hybridized carbons (Fsp3) is 0.536. The van der Waals surface area contributed by atoms with Crippen molar-refractivity contribution >= 4 is 11.8 Å². The van der Waals surface area contributed by atoms with E-state index in [1.165, 1.54) is 17.7 Å². The maximum atomic E-state index is 13.7. The highest BCUT2D eigenvalue weighted by Gasteiger charge is 2.35. The smallest absolute Gasteiger partial charge is 0.259 e. The van der Waals surface area contributed by atoms with Crippen LogP contribution in [0.2, 0.25) is 0 Å². The van der Waals surface area contributed by atoms with Crippen molar-refractivity contribution in [3.63, 3.8) is 0 Å². The fourth-order valence-electron chi connectivity index (χ4n) is 4.69. The van der Waals surface area contributed by atoms with Gasteiger partial charge in [0.25, 0.3) is 11.8 Å². The van der Waals surface area contributed by atoms with Gasteiger partial charge in [-0.1, -0.05) is 19.1 Å². The third-order valence-electron chi connectivity index (χ3n) is 7.13. The first kappa shape index (κ1) is 26.1. The Morgan fingerprint density at radius 2 is 1.94 bits per heavy atom. The Hall–Kier alpha value is -2.97. The SMILES string of the molecule is C[C@@H]1CN([C@H](C)CO)C(=O)c2cc(-c3cccc(C(=O)N(C)C)c3)cnc2O[C@@H]1CN(C)CC1CC1. The summed E-state index contributed by atoms with van der Waals surface area (Å²) in [7, 11) is 5.55. The van der Waals surface area contributed by atoms with Crippen LogP contribution >= 0.6 is 0 Å². The van der Waals surface area contributed by atoms with Gasteiger partial charge in [-0.3, -0.25) is 9.59 Å². The van der Waals surface area contributed by atoms with Crippen molar-refractivity contribution in [1.82, 2.24) is 19.7 Å². The van der Waals surface area contributed by atoms with Crippen LogP contribution in [0.1, 0.15) is 47.4 Å². The van der Waals surface area contributed by atoms with Crippen molar-refractivity contribution < 1.29 is 19.4 Å². The zero-order chi connectivity index (χ0) is 26.0. The zero-order valence-electron chi connectivity index (χ0n) is 22.0. The minimum atomic E-state index is -0.333. The molecular weight excluding hydrogens is 456 g/mol. The number of amides is 2. The normalized spacial score (nSPS) is 20.9. The Kier molecular flexibility index (Phi) is 7.95. The Morgan fingerprint density at radius 3 is 2.61 bits per heavy atom. The third kappa shape index (κ3) is 5.87. The van der Waals surface area contributed by atoms with Gasteiger partial charge in [0.15, 0.2) is 0 Å². The summed E-state index contributed by atoms with van der Waals surface area (Å²) in [6.45, 7) is 6.09. The Balaban J connectivity index is 1.69. The van der Waals surface area contributed by atoms with E-state index in [-0.39, 0.29) is 36.5 Å². The lowest BCUT2D eigenvalue weighted by Gasteiger charge is -2.37. The van der Waals surface area contributed by atoms with Gasteiger partial charge in [-0.25, -0.2) is 4.98 Å². The maximum Gasteiger partial charge on any atom is 0.259 e. The molecule has 1 saturated carbocycles. The summed E-state index contributed by atoms with van der Waals surface area (Å²) < 4.78 is 6.41. The molecule has 2 heterocycles. The number of benzene rings is 1. The molecule has 3 atom stereocenters. The summed E-state index contributed by atoms with van der Waals surface area (Å²) in [4.78, 5) is 36.3. The molecule has 8 nitrogen and oxygen atoms in total. The summed E-state index contributed by atoms with van der Waals surface area (Å²) in [6.07, 6.45) is 4.13. The molecule has 1 aromatic heterocycles. The van der Waals surface area contributed by atoms with Crippen molar-refractivity contribution in [1.29, 1.82) is 0 Å². The van der Waals surface area contributed by atoms with Gasteiger partial charge < -0.3 is 24.5 Å². The predicted molar refractivity (Wildman–Crippen MR) is 139 cm³/mol. The predicted octanol–water partition coefficient (Wildman–Crippen LogP) is 3.01. The molecule has 2 aromatic rings. The number of ether oxygens (including phenoxy) is 1. The molecule has 1 aliphatic carbocycles. The minimum Gasteiger partial charge on any atom is -0.472 e. The van der Waals surface area contributed by atoms with Crippen LogP contribution in [-0.4, -0.2) is 96.1 Å². The minimum absolute atomic E-state index is 0.0629. The van der Waals surface area contributed by atoms with Crippen LogP contribution in [0, 0.1) is 11.8 Å². The molecular formula is C28H38N4O4. The van der Waals surface area contributed by atoms with Crippen molar-refractivity contribution in [2.45, 2.75) is 38.8 Å². The van der Waals surface area contributed by atoms with E-state index >= 15 is 0 Å². The number of hydrogen-bond acceptors (Lipinski definition) is 6. The summed E-state index contributed by atoms with van der Waals surface area (Å²) in [5.74, 6) is 0.849. The molecule has 1 fully saturated rings. The number of aliphatic hydroxyl groups excluding tert-OH is 1. The highest BCUT2D eigenvalue weighted by molar-refractivity contribution is 5.98. The number of carbonyl (C=O) groups is 2. The highest BCUT2D eigenvalue weighted by Crippen LogP contribution is 2.32. The lowest BCUT2D eigenvalue weighted by molar-refractivity contribution is 0.0328. The number of hydrogen-bond donors (Lipinski definition) is 1. The Morgan fingerprint density at radius 1 is 1.19 bits per heavy atom. The first-order valence-corrected chi connectivity index (χ1v) is 12.8. The first-order chi connectivity index (χ1) is 17.2. The molecule has 0 spiro atoms. The van der Waals surface area contributed by atoms with Gasteiger partial charge in [-0.2, -0.15) is 0 Å². The van der Waals surface area contributed by atoms with Gasteiger partial charge in [0.1, 0.15) is 11.7 Å². The van der Waals surface area contributed by atoms with Gasteiger partial charge in [-0.15, -0.1) is 0 Å². The van der Waals surface area contributed by atoms with Crippen LogP contribution in [0.5, 0.6) is 5.88 Å². The monoisotopic (exact) mass is 494 g/mol. The zero-order valence-corrected chi connectivity index (χ0v) is 22.0. The van der Waals surface area contributed by atoms with Crippen LogP contribution in [0.4, 0.5) is 0 Å². The molecule has 8 heteroatoms. The number of pyridine rings is 1. The van der Waals surface area contributed by atoms with Crippen molar-refractivity contribution in [3.8, 4) is 17.0 Å². The third-order valence-corrected chi connectivity index (χ3v) is 7.13. The van der Waals surface area contributed by atoms with E-state index < -0.39 is 0 Å².